The van der Waals surface area contributed by atoms with Crippen LogP contribution in [0.3, 0.4) is 0 Å². The van der Waals surface area contributed by atoms with Gasteiger partial charge in [-0.15, -0.1) is 5.10 Å². The second-order valence-corrected chi connectivity index (χ2v) is 4.81. The van der Waals surface area contributed by atoms with E-state index >= 15 is 0 Å². The van der Waals surface area contributed by atoms with Crippen molar-refractivity contribution in [2.75, 3.05) is 7.05 Å². The number of aromatic nitrogens is 3. The smallest absolute Gasteiger partial charge is 0.387 e. The van der Waals surface area contributed by atoms with Gasteiger partial charge in [0.05, 0.1) is 11.7 Å². The van der Waals surface area contributed by atoms with Crippen LogP contribution in [0.2, 0.25) is 0 Å². The van der Waals surface area contributed by atoms with Gasteiger partial charge in [0.15, 0.2) is 4.60 Å². The van der Waals surface area contributed by atoms with Crippen molar-refractivity contribution in [3.63, 3.8) is 0 Å². The molecular weight excluding hydrogens is 334 g/mol. The average Bonchev–Trinajstić information content (AvgIpc) is 2.73. The molecule has 0 aliphatic heterocycles. The number of halogens is 3. The molecule has 2 rings (SSSR count). The highest BCUT2D eigenvalue weighted by Crippen LogP contribution is 2.27. The maximum absolute atomic E-state index is 12.1. The average molecular weight is 347 g/mol. The molecule has 0 saturated heterocycles. The number of hydrogen-bond acceptors (Lipinski definition) is 4. The van der Waals surface area contributed by atoms with Crippen molar-refractivity contribution in [3.8, 4) is 5.75 Å². The first kappa shape index (κ1) is 14.9. The zero-order valence-corrected chi connectivity index (χ0v) is 12.4. The Hall–Kier alpha value is -1.54. The van der Waals surface area contributed by atoms with Crippen molar-refractivity contribution < 1.29 is 13.5 Å². The van der Waals surface area contributed by atoms with Gasteiger partial charge in [0.1, 0.15) is 5.75 Å². The molecule has 1 atom stereocenters. The van der Waals surface area contributed by atoms with Gasteiger partial charge in [-0.3, -0.25) is 0 Å². The molecule has 1 N–H and O–H groups in total. The largest absolute Gasteiger partial charge is 0.435 e. The van der Waals surface area contributed by atoms with E-state index < -0.39 is 6.61 Å². The Morgan fingerprint density at radius 3 is 2.40 bits per heavy atom. The van der Waals surface area contributed by atoms with Gasteiger partial charge in [-0.1, -0.05) is 17.3 Å². The Bertz CT molecular complexity index is 554. The van der Waals surface area contributed by atoms with E-state index in [0.717, 1.165) is 11.3 Å². The summed E-state index contributed by atoms with van der Waals surface area (Å²) in [7, 11) is 3.58. The number of alkyl halides is 2. The molecule has 1 aromatic heterocycles. The summed E-state index contributed by atoms with van der Waals surface area (Å²) in [6.07, 6.45) is 0. The Kier molecular flexibility index (Phi) is 4.66. The molecule has 20 heavy (non-hydrogen) atoms. The summed E-state index contributed by atoms with van der Waals surface area (Å²) in [5.41, 5.74) is 1.73. The maximum Gasteiger partial charge on any atom is 0.387 e. The molecule has 0 saturated carbocycles. The first-order valence-electron chi connectivity index (χ1n) is 5.80. The molecule has 0 fully saturated rings. The summed E-state index contributed by atoms with van der Waals surface area (Å²) in [5, 5.41) is 11.0. The van der Waals surface area contributed by atoms with Gasteiger partial charge in [0.25, 0.3) is 0 Å². The highest BCUT2D eigenvalue weighted by molar-refractivity contribution is 9.10. The lowest BCUT2D eigenvalue weighted by atomic mass is 10.0. The number of rotatable bonds is 5. The normalized spacial score (nSPS) is 12.7. The van der Waals surface area contributed by atoms with Gasteiger partial charge in [0.2, 0.25) is 0 Å². The van der Waals surface area contributed by atoms with Gasteiger partial charge in [-0.05, 0) is 40.7 Å². The van der Waals surface area contributed by atoms with E-state index in [4.69, 9.17) is 0 Å². The van der Waals surface area contributed by atoms with Crippen LogP contribution >= 0.6 is 15.9 Å². The van der Waals surface area contributed by atoms with Gasteiger partial charge >= 0.3 is 6.61 Å². The molecule has 0 spiro atoms. The van der Waals surface area contributed by atoms with E-state index in [9.17, 15) is 8.78 Å². The van der Waals surface area contributed by atoms with E-state index in [1.807, 2.05) is 0 Å². The van der Waals surface area contributed by atoms with E-state index in [-0.39, 0.29) is 11.8 Å². The summed E-state index contributed by atoms with van der Waals surface area (Å²) in [4.78, 5) is 0. The van der Waals surface area contributed by atoms with Crippen molar-refractivity contribution in [1.29, 1.82) is 0 Å². The molecule has 1 aromatic carbocycles. The predicted octanol–water partition coefficient (Wildman–Crippen LogP) is 2.49. The predicted molar refractivity (Wildman–Crippen MR) is 72.7 cm³/mol. The number of hydrogen-bond donors (Lipinski definition) is 1. The van der Waals surface area contributed by atoms with Gasteiger partial charge < -0.3 is 10.1 Å². The molecule has 0 aliphatic rings. The van der Waals surface area contributed by atoms with Crippen molar-refractivity contribution >= 4 is 15.9 Å². The Morgan fingerprint density at radius 1 is 1.30 bits per heavy atom. The van der Waals surface area contributed by atoms with E-state index in [1.54, 1.807) is 30.9 Å². The topological polar surface area (TPSA) is 52.0 Å². The van der Waals surface area contributed by atoms with Crippen LogP contribution < -0.4 is 10.1 Å². The fourth-order valence-corrected chi connectivity index (χ4v) is 2.50. The Morgan fingerprint density at radius 2 is 1.95 bits per heavy atom. The molecule has 8 heteroatoms. The lowest BCUT2D eigenvalue weighted by molar-refractivity contribution is -0.0498. The SMILES string of the molecule is CNC(c1ccc(OC(F)F)cc1)c1c(Br)nnn1C. The number of benzene rings is 1. The first-order chi connectivity index (χ1) is 9.52. The summed E-state index contributed by atoms with van der Waals surface area (Å²) in [6, 6.07) is 6.29. The van der Waals surface area contributed by atoms with Crippen LogP contribution in [0.4, 0.5) is 8.78 Å². The minimum Gasteiger partial charge on any atom is -0.435 e. The molecule has 0 aliphatic carbocycles. The van der Waals surface area contributed by atoms with Crippen LogP contribution in [0.5, 0.6) is 5.75 Å². The quantitative estimate of drug-likeness (QED) is 0.903. The summed E-state index contributed by atoms with van der Waals surface area (Å²) < 4.78 is 30.8. The van der Waals surface area contributed by atoms with Crippen LogP contribution in [0, 0.1) is 0 Å². The Labute approximate surface area is 123 Å². The third-order valence-corrected chi connectivity index (χ3v) is 3.39. The van der Waals surface area contributed by atoms with Crippen LogP contribution in [0.25, 0.3) is 0 Å². The third-order valence-electron chi connectivity index (χ3n) is 2.83. The van der Waals surface area contributed by atoms with E-state index in [2.05, 4.69) is 36.3 Å². The first-order valence-corrected chi connectivity index (χ1v) is 6.59. The zero-order chi connectivity index (χ0) is 14.7. The summed E-state index contributed by atoms with van der Waals surface area (Å²) in [5.74, 6) is 0.126. The Balaban J connectivity index is 2.29. The molecule has 0 bridgehead atoms. The van der Waals surface area contributed by atoms with Gasteiger partial charge in [0, 0.05) is 7.05 Å². The molecular formula is C12H13BrF2N4O. The number of nitrogens with zero attached hydrogens (tertiary/aromatic N) is 3. The fourth-order valence-electron chi connectivity index (χ4n) is 1.95. The zero-order valence-electron chi connectivity index (χ0n) is 10.8. The van der Waals surface area contributed by atoms with Crippen molar-refractivity contribution in [1.82, 2.24) is 20.3 Å². The third kappa shape index (κ3) is 3.13. The van der Waals surface area contributed by atoms with Crippen LogP contribution in [0.1, 0.15) is 17.3 Å². The van der Waals surface area contributed by atoms with Crippen LogP contribution in [0.15, 0.2) is 28.9 Å². The summed E-state index contributed by atoms with van der Waals surface area (Å²) in [6.45, 7) is -2.82. The minimum absolute atomic E-state index is 0.126. The number of nitrogens with one attached hydrogen (secondary N) is 1. The van der Waals surface area contributed by atoms with Crippen molar-refractivity contribution in [3.05, 3.63) is 40.1 Å². The van der Waals surface area contributed by atoms with Crippen molar-refractivity contribution in [2.45, 2.75) is 12.7 Å². The number of aryl methyl sites for hydroxylation is 1. The molecule has 1 heterocycles. The monoisotopic (exact) mass is 346 g/mol. The maximum atomic E-state index is 12.1. The van der Waals surface area contributed by atoms with Gasteiger partial charge in [-0.25, -0.2) is 4.68 Å². The minimum atomic E-state index is -2.82. The van der Waals surface area contributed by atoms with E-state index in [0.29, 0.717) is 4.60 Å². The van der Waals surface area contributed by atoms with E-state index in [1.165, 1.54) is 12.1 Å². The van der Waals surface area contributed by atoms with Crippen LogP contribution in [-0.2, 0) is 7.05 Å². The standard InChI is InChI=1S/C12H13BrF2N4O/c1-16-9(10-11(13)17-18-19(10)2)7-3-5-8(6-4-7)20-12(14)15/h3-6,9,12,16H,1-2H3. The molecule has 1 unspecified atom stereocenters. The van der Waals surface area contributed by atoms with Crippen molar-refractivity contribution in [2.24, 2.45) is 7.05 Å². The fraction of sp³-hybridized carbons (Fsp3) is 0.333. The second-order valence-electron chi connectivity index (χ2n) is 4.06. The molecule has 2 aromatic rings. The molecule has 0 amide bonds. The molecule has 0 radical (unpaired) electrons. The second kappa shape index (κ2) is 6.27. The summed E-state index contributed by atoms with van der Waals surface area (Å²) >= 11 is 3.34. The molecule has 5 nitrogen and oxygen atoms in total. The highest BCUT2D eigenvalue weighted by Gasteiger charge is 2.20. The highest BCUT2D eigenvalue weighted by atomic mass is 79.9. The van der Waals surface area contributed by atoms with Crippen LogP contribution in [-0.4, -0.2) is 28.7 Å². The lowest BCUT2D eigenvalue weighted by Crippen LogP contribution is -2.21. The number of ether oxygens (including phenoxy) is 1. The molecule has 108 valence electrons. The lowest BCUT2D eigenvalue weighted by Gasteiger charge is -2.17. The van der Waals surface area contributed by atoms with Gasteiger partial charge in [-0.2, -0.15) is 8.78 Å².